The molecule has 4 aliphatic carbocycles. The quantitative estimate of drug-likeness (QED) is 0.444. The number of halogens is 3. The largest absolute Gasteiger partial charge is 0.573 e. The Morgan fingerprint density at radius 2 is 1.72 bits per heavy atom. The zero-order valence-electron chi connectivity index (χ0n) is 21.6. The maximum atomic E-state index is 13.6. The summed E-state index contributed by atoms with van der Waals surface area (Å²) >= 11 is 0. The standard InChI is InChI=1S/C29H39F3O4/c1-26(34)14-15-28(17-35-3)19(16-26)6-9-21-22-10-11-24(27(22,2)13-12-23(21)28)25(33)18-4-7-20(8-5-18)36-29(30,31)32/h4-5,7-8,19,21-24,34H,6,9-17H2,1-3H3/t19-,21-,22-,23-,24+,26+,27-,28+/m0/s1. The number of rotatable bonds is 5. The number of aliphatic hydroxyl groups is 1. The third-order valence-electron chi connectivity index (χ3n) is 10.8. The van der Waals surface area contributed by atoms with Gasteiger partial charge in [-0.2, -0.15) is 0 Å². The van der Waals surface area contributed by atoms with E-state index in [9.17, 15) is 23.1 Å². The topological polar surface area (TPSA) is 55.8 Å². The average Bonchev–Trinajstić information content (AvgIpc) is 3.15. The molecule has 0 aliphatic heterocycles. The summed E-state index contributed by atoms with van der Waals surface area (Å²) in [5, 5.41) is 10.8. The zero-order chi connectivity index (χ0) is 25.9. The summed E-state index contributed by atoms with van der Waals surface area (Å²) in [6.45, 7) is 5.00. The Bertz CT molecular complexity index is 974. The van der Waals surface area contributed by atoms with Crippen molar-refractivity contribution >= 4 is 5.78 Å². The van der Waals surface area contributed by atoms with Crippen LogP contribution in [0.2, 0.25) is 0 Å². The molecule has 4 fully saturated rings. The Balaban J connectivity index is 1.36. The van der Waals surface area contributed by atoms with E-state index in [2.05, 4.69) is 11.7 Å². The van der Waals surface area contributed by atoms with E-state index < -0.39 is 12.0 Å². The van der Waals surface area contributed by atoms with Gasteiger partial charge in [-0.15, -0.1) is 13.2 Å². The van der Waals surface area contributed by atoms with E-state index >= 15 is 0 Å². The second-order valence-corrected chi connectivity index (χ2v) is 12.6. The van der Waals surface area contributed by atoms with Crippen LogP contribution in [0, 0.1) is 40.4 Å². The van der Waals surface area contributed by atoms with Gasteiger partial charge in [-0.3, -0.25) is 4.79 Å². The normalized spacial score (nSPS) is 42.2. The number of carbonyl (C=O) groups excluding carboxylic acids is 1. The van der Waals surface area contributed by atoms with Crippen LogP contribution in [0.5, 0.6) is 5.75 Å². The van der Waals surface area contributed by atoms with Gasteiger partial charge in [-0.25, -0.2) is 0 Å². The lowest BCUT2D eigenvalue weighted by Crippen LogP contribution is -2.58. The summed E-state index contributed by atoms with van der Waals surface area (Å²) in [6, 6.07) is 5.41. The highest BCUT2D eigenvalue weighted by atomic mass is 19.4. The van der Waals surface area contributed by atoms with E-state index in [1.165, 1.54) is 24.3 Å². The summed E-state index contributed by atoms with van der Waals surface area (Å²) in [7, 11) is 1.80. The Morgan fingerprint density at radius 3 is 2.39 bits per heavy atom. The molecule has 36 heavy (non-hydrogen) atoms. The van der Waals surface area contributed by atoms with Gasteiger partial charge >= 0.3 is 6.36 Å². The summed E-state index contributed by atoms with van der Waals surface area (Å²) in [5.41, 5.74) is -0.116. The lowest BCUT2D eigenvalue weighted by Gasteiger charge is -2.62. The summed E-state index contributed by atoms with van der Waals surface area (Å²) in [5.74, 6) is 1.68. The van der Waals surface area contributed by atoms with Gasteiger partial charge in [-0.05, 0) is 123 Å². The van der Waals surface area contributed by atoms with Crippen molar-refractivity contribution in [3.8, 4) is 5.75 Å². The Morgan fingerprint density at radius 1 is 1.00 bits per heavy atom. The minimum absolute atomic E-state index is 0.0472. The molecule has 4 saturated carbocycles. The van der Waals surface area contributed by atoms with Crippen molar-refractivity contribution in [1.82, 2.24) is 0 Å². The summed E-state index contributed by atoms with van der Waals surface area (Å²) < 4.78 is 47.4. The molecule has 0 aromatic heterocycles. The predicted molar refractivity (Wildman–Crippen MR) is 129 cm³/mol. The molecule has 0 amide bonds. The number of hydrogen-bond donors (Lipinski definition) is 1. The maximum absolute atomic E-state index is 13.6. The van der Waals surface area contributed by atoms with E-state index in [0.29, 0.717) is 29.2 Å². The van der Waals surface area contributed by atoms with Crippen molar-refractivity contribution in [2.45, 2.75) is 83.6 Å². The molecule has 0 bridgehead atoms. The molecule has 1 N–H and O–H groups in total. The smallest absolute Gasteiger partial charge is 0.406 e. The molecule has 4 aliphatic rings. The fourth-order valence-electron chi connectivity index (χ4n) is 9.24. The van der Waals surface area contributed by atoms with Crippen molar-refractivity contribution in [3.05, 3.63) is 29.8 Å². The number of ether oxygens (including phenoxy) is 2. The number of hydrogen-bond acceptors (Lipinski definition) is 4. The molecular weight excluding hydrogens is 469 g/mol. The SMILES string of the molecule is COC[C@]12CC[C@@](C)(O)C[C@@H]1CC[C@H]1[C@@H]3CC[C@H](C(=O)c4ccc(OC(F)(F)F)cc4)[C@@]3(C)CC[C@@H]12. The molecular formula is C29H39F3O4. The maximum Gasteiger partial charge on any atom is 0.573 e. The van der Waals surface area contributed by atoms with E-state index in [0.717, 1.165) is 64.4 Å². The molecule has 0 saturated heterocycles. The van der Waals surface area contributed by atoms with Crippen molar-refractivity contribution in [3.63, 3.8) is 0 Å². The molecule has 1 aromatic carbocycles. The van der Waals surface area contributed by atoms with Gasteiger partial charge in [0.25, 0.3) is 0 Å². The van der Waals surface area contributed by atoms with Crippen LogP contribution in [0.15, 0.2) is 24.3 Å². The molecule has 0 spiro atoms. The van der Waals surface area contributed by atoms with E-state index in [4.69, 9.17) is 4.74 Å². The van der Waals surface area contributed by atoms with Crippen molar-refractivity contribution < 1.29 is 32.5 Å². The first-order valence-electron chi connectivity index (χ1n) is 13.5. The van der Waals surface area contributed by atoms with Gasteiger partial charge in [-0.1, -0.05) is 6.92 Å². The van der Waals surface area contributed by atoms with Gasteiger partial charge in [0.05, 0.1) is 12.2 Å². The first kappa shape index (κ1) is 26.0. The van der Waals surface area contributed by atoms with Crippen LogP contribution in [0.1, 0.15) is 82.0 Å². The highest BCUT2D eigenvalue weighted by molar-refractivity contribution is 5.98. The molecule has 200 valence electrons. The Labute approximate surface area is 211 Å². The molecule has 8 atom stereocenters. The lowest BCUT2D eigenvalue weighted by atomic mass is 9.43. The average molecular weight is 509 g/mol. The third-order valence-corrected chi connectivity index (χ3v) is 10.8. The fraction of sp³-hybridized carbons (Fsp3) is 0.759. The molecule has 7 heteroatoms. The van der Waals surface area contributed by atoms with Crippen LogP contribution >= 0.6 is 0 Å². The lowest BCUT2D eigenvalue weighted by molar-refractivity contribution is -0.274. The van der Waals surface area contributed by atoms with Gasteiger partial charge in [0.1, 0.15) is 5.75 Å². The monoisotopic (exact) mass is 508 g/mol. The number of alkyl halides is 3. The van der Waals surface area contributed by atoms with Crippen molar-refractivity contribution in [1.29, 1.82) is 0 Å². The molecule has 0 unspecified atom stereocenters. The van der Waals surface area contributed by atoms with E-state index in [1.54, 1.807) is 7.11 Å². The van der Waals surface area contributed by atoms with Gasteiger partial charge < -0.3 is 14.6 Å². The second kappa shape index (κ2) is 9.00. The number of benzene rings is 1. The molecule has 0 heterocycles. The fourth-order valence-corrected chi connectivity index (χ4v) is 9.24. The molecule has 5 rings (SSSR count). The van der Waals surface area contributed by atoms with Crippen LogP contribution in [0.3, 0.4) is 0 Å². The van der Waals surface area contributed by atoms with Crippen molar-refractivity contribution in [2.75, 3.05) is 13.7 Å². The van der Waals surface area contributed by atoms with E-state index in [1.807, 2.05) is 6.92 Å². The first-order chi connectivity index (χ1) is 16.9. The van der Waals surface area contributed by atoms with Crippen LogP contribution in [-0.2, 0) is 4.74 Å². The summed E-state index contributed by atoms with van der Waals surface area (Å²) in [6.07, 6.45) is 4.06. The van der Waals surface area contributed by atoms with Crippen molar-refractivity contribution in [2.24, 2.45) is 40.4 Å². The van der Waals surface area contributed by atoms with Gasteiger partial charge in [0.2, 0.25) is 0 Å². The molecule has 0 radical (unpaired) electrons. The van der Waals surface area contributed by atoms with Crippen LogP contribution < -0.4 is 4.74 Å². The van der Waals surface area contributed by atoms with Gasteiger partial charge in [0.15, 0.2) is 5.78 Å². The zero-order valence-corrected chi connectivity index (χ0v) is 21.6. The number of carbonyl (C=O) groups is 1. The molecule has 1 aromatic rings. The predicted octanol–water partition coefficient (Wildman–Crippen LogP) is 6.80. The number of ketones is 1. The number of fused-ring (bicyclic) bond motifs is 5. The third kappa shape index (κ3) is 4.38. The first-order valence-corrected chi connectivity index (χ1v) is 13.5. The molecule has 4 nitrogen and oxygen atoms in total. The number of Topliss-reactive ketones (excluding diaryl/α,β-unsaturated/α-hetero) is 1. The van der Waals surface area contributed by atoms with Crippen LogP contribution in [-0.4, -0.2) is 36.6 Å². The van der Waals surface area contributed by atoms with Crippen LogP contribution in [0.4, 0.5) is 13.2 Å². The minimum Gasteiger partial charge on any atom is -0.406 e. The minimum atomic E-state index is -4.75. The highest BCUT2D eigenvalue weighted by Crippen LogP contribution is 2.68. The summed E-state index contributed by atoms with van der Waals surface area (Å²) in [4.78, 5) is 13.6. The van der Waals surface area contributed by atoms with Gasteiger partial charge in [0, 0.05) is 18.6 Å². The Kier molecular flexibility index (Phi) is 6.51. The Hall–Kier alpha value is -1.60. The highest BCUT2D eigenvalue weighted by Gasteiger charge is 2.63. The number of methoxy groups -OCH3 is 1. The van der Waals surface area contributed by atoms with Crippen LogP contribution in [0.25, 0.3) is 0 Å². The van der Waals surface area contributed by atoms with E-state index in [-0.39, 0.29) is 28.3 Å². The second-order valence-electron chi connectivity index (χ2n) is 12.6.